The van der Waals surface area contributed by atoms with E-state index in [1.807, 2.05) is 0 Å². The zero-order valence-electron chi connectivity index (χ0n) is 5.78. The van der Waals surface area contributed by atoms with E-state index in [1.54, 1.807) is 0 Å². The van der Waals surface area contributed by atoms with Crippen molar-refractivity contribution in [1.29, 1.82) is 0 Å². The van der Waals surface area contributed by atoms with Crippen LogP contribution in [0.5, 0.6) is 0 Å². The van der Waals surface area contributed by atoms with Crippen LogP contribution < -0.4 is 0 Å². The van der Waals surface area contributed by atoms with Crippen molar-refractivity contribution >= 4 is 0 Å². The molecular weight excluding hydrogens is 115 g/mol. The van der Waals surface area contributed by atoms with Crippen LogP contribution in [0.25, 0.3) is 0 Å². The summed E-state index contributed by atoms with van der Waals surface area (Å²) >= 11 is 0. The standard InChI is InChI=1S/C8H14F/c1-2-7-3-5-8(9)6-4-7/h7-8H,1-6H2. The second-order valence-corrected chi connectivity index (χ2v) is 2.91. The zero-order chi connectivity index (χ0) is 6.69. The normalized spacial score (nSPS) is 36.7. The van der Waals surface area contributed by atoms with Crippen LogP contribution in [0.2, 0.25) is 0 Å². The predicted octanol–water partition coefficient (Wildman–Crippen LogP) is 2.74. The third-order valence-corrected chi connectivity index (χ3v) is 2.18. The monoisotopic (exact) mass is 129 g/mol. The van der Waals surface area contributed by atoms with Gasteiger partial charge in [0.1, 0.15) is 6.17 Å². The maximum atomic E-state index is 12.5. The minimum atomic E-state index is -0.507. The van der Waals surface area contributed by atoms with Gasteiger partial charge in [0.05, 0.1) is 0 Å². The van der Waals surface area contributed by atoms with E-state index in [1.165, 1.54) is 0 Å². The van der Waals surface area contributed by atoms with E-state index in [0.717, 1.165) is 38.0 Å². The lowest BCUT2D eigenvalue weighted by molar-refractivity contribution is 0.208. The van der Waals surface area contributed by atoms with Gasteiger partial charge in [-0.25, -0.2) is 4.39 Å². The molecule has 0 bridgehead atoms. The van der Waals surface area contributed by atoms with Gasteiger partial charge in [-0.1, -0.05) is 13.3 Å². The molecule has 53 valence electrons. The molecule has 0 saturated heterocycles. The first kappa shape index (κ1) is 7.04. The molecule has 0 spiro atoms. The Morgan fingerprint density at radius 1 is 1.22 bits per heavy atom. The fraction of sp³-hybridized carbons (Fsp3) is 0.875. The molecule has 0 heterocycles. The van der Waals surface area contributed by atoms with Gasteiger partial charge in [0.2, 0.25) is 0 Å². The highest BCUT2D eigenvalue weighted by Gasteiger charge is 2.18. The Morgan fingerprint density at radius 2 is 1.78 bits per heavy atom. The molecule has 1 fully saturated rings. The molecule has 1 aliphatic carbocycles. The maximum absolute atomic E-state index is 12.5. The van der Waals surface area contributed by atoms with Crippen LogP contribution in [0.4, 0.5) is 4.39 Å². The average molecular weight is 129 g/mol. The van der Waals surface area contributed by atoms with Crippen LogP contribution in [-0.2, 0) is 0 Å². The lowest BCUT2D eigenvalue weighted by Gasteiger charge is -2.22. The molecule has 1 heteroatoms. The Morgan fingerprint density at radius 3 is 2.22 bits per heavy atom. The van der Waals surface area contributed by atoms with Crippen LogP contribution >= 0.6 is 0 Å². The number of rotatable bonds is 1. The highest BCUT2D eigenvalue weighted by Crippen LogP contribution is 2.27. The summed E-state index contributed by atoms with van der Waals surface area (Å²) in [5.74, 6) is 0.719. The van der Waals surface area contributed by atoms with Crippen LogP contribution in [0, 0.1) is 12.8 Å². The lowest BCUT2D eigenvalue weighted by Crippen LogP contribution is -2.13. The molecule has 0 aromatic heterocycles. The second-order valence-electron chi connectivity index (χ2n) is 2.91. The summed E-state index contributed by atoms with van der Waals surface area (Å²) in [6, 6.07) is 0. The van der Waals surface area contributed by atoms with Gasteiger partial charge in [0.15, 0.2) is 0 Å². The molecule has 1 radical (unpaired) electrons. The summed E-state index contributed by atoms with van der Waals surface area (Å²) in [6.07, 6.45) is 4.16. The van der Waals surface area contributed by atoms with Crippen molar-refractivity contribution in [2.24, 2.45) is 5.92 Å². The Kier molecular flexibility index (Phi) is 2.49. The Labute approximate surface area is 56.5 Å². The molecule has 0 aromatic rings. The molecule has 0 aliphatic heterocycles. The van der Waals surface area contributed by atoms with Gasteiger partial charge in [-0.3, -0.25) is 0 Å². The van der Waals surface area contributed by atoms with Gasteiger partial charge >= 0.3 is 0 Å². The van der Waals surface area contributed by atoms with Gasteiger partial charge in [0, 0.05) is 0 Å². The molecule has 0 aromatic carbocycles. The van der Waals surface area contributed by atoms with Gasteiger partial charge in [0.25, 0.3) is 0 Å². The predicted molar refractivity (Wildman–Crippen MR) is 36.8 cm³/mol. The van der Waals surface area contributed by atoms with E-state index in [9.17, 15) is 4.39 Å². The quantitative estimate of drug-likeness (QED) is 0.510. The van der Waals surface area contributed by atoms with E-state index in [0.29, 0.717) is 0 Å². The molecule has 1 aliphatic rings. The van der Waals surface area contributed by atoms with Crippen molar-refractivity contribution < 1.29 is 4.39 Å². The highest BCUT2D eigenvalue weighted by molar-refractivity contribution is 4.71. The first-order valence-corrected chi connectivity index (χ1v) is 3.76. The third-order valence-electron chi connectivity index (χ3n) is 2.18. The van der Waals surface area contributed by atoms with Crippen molar-refractivity contribution in [2.75, 3.05) is 0 Å². The van der Waals surface area contributed by atoms with E-state index < -0.39 is 6.17 Å². The van der Waals surface area contributed by atoms with Gasteiger partial charge in [-0.15, -0.1) is 0 Å². The van der Waals surface area contributed by atoms with Crippen LogP contribution in [0.3, 0.4) is 0 Å². The smallest absolute Gasteiger partial charge is 0.100 e. The Hall–Kier alpha value is -0.0700. The number of halogens is 1. The van der Waals surface area contributed by atoms with E-state index in [4.69, 9.17) is 0 Å². The summed E-state index contributed by atoms with van der Waals surface area (Å²) in [7, 11) is 0. The molecule has 1 rings (SSSR count). The largest absolute Gasteiger partial charge is 0.247 e. The van der Waals surface area contributed by atoms with Crippen LogP contribution in [-0.4, -0.2) is 6.17 Å². The molecule has 0 N–H and O–H groups in total. The number of hydrogen-bond donors (Lipinski definition) is 0. The molecular formula is C8H14F. The van der Waals surface area contributed by atoms with Crippen molar-refractivity contribution in [3.63, 3.8) is 0 Å². The van der Waals surface area contributed by atoms with E-state index >= 15 is 0 Å². The first-order valence-electron chi connectivity index (χ1n) is 3.76. The number of hydrogen-bond acceptors (Lipinski definition) is 0. The van der Waals surface area contributed by atoms with Gasteiger partial charge < -0.3 is 0 Å². The summed E-state index contributed by atoms with van der Waals surface area (Å²) < 4.78 is 12.5. The second kappa shape index (κ2) is 3.19. The minimum Gasteiger partial charge on any atom is -0.247 e. The van der Waals surface area contributed by atoms with Crippen molar-refractivity contribution in [3.8, 4) is 0 Å². The molecule has 1 saturated carbocycles. The van der Waals surface area contributed by atoms with Crippen molar-refractivity contribution in [3.05, 3.63) is 6.92 Å². The summed E-state index contributed by atoms with van der Waals surface area (Å²) in [6.45, 7) is 3.81. The first-order chi connectivity index (χ1) is 4.33. The third kappa shape index (κ3) is 1.96. The summed E-state index contributed by atoms with van der Waals surface area (Å²) in [5.41, 5.74) is 0. The fourth-order valence-corrected chi connectivity index (χ4v) is 1.41. The SMILES string of the molecule is [CH2]CC1CCC(F)CC1. The fourth-order valence-electron chi connectivity index (χ4n) is 1.41. The average Bonchev–Trinajstić information content (AvgIpc) is 1.90. The zero-order valence-corrected chi connectivity index (χ0v) is 5.78. The maximum Gasteiger partial charge on any atom is 0.100 e. The lowest BCUT2D eigenvalue weighted by atomic mass is 9.87. The summed E-state index contributed by atoms with van der Waals surface area (Å²) in [4.78, 5) is 0. The van der Waals surface area contributed by atoms with E-state index in [-0.39, 0.29) is 0 Å². The Balaban J connectivity index is 2.18. The molecule has 9 heavy (non-hydrogen) atoms. The number of alkyl halides is 1. The van der Waals surface area contributed by atoms with Gasteiger partial charge in [-0.2, -0.15) is 0 Å². The van der Waals surface area contributed by atoms with Crippen LogP contribution in [0.1, 0.15) is 32.1 Å². The molecule has 0 amide bonds. The molecule has 0 atom stereocenters. The highest BCUT2D eigenvalue weighted by atomic mass is 19.1. The van der Waals surface area contributed by atoms with Crippen molar-refractivity contribution in [1.82, 2.24) is 0 Å². The van der Waals surface area contributed by atoms with Crippen LogP contribution in [0.15, 0.2) is 0 Å². The molecule has 0 unspecified atom stereocenters. The minimum absolute atomic E-state index is 0.507. The van der Waals surface area contributed by atoms with Gasteiger partial charge in [-0.05, 0) is 31.6 Å². The summed E-state index contributed by atoms with van der Waals surface area (Å²) in [5, 5.41) is 0. The Bertz CT molecular complexity index is 72.6. The molecule has 0 nitrogen and oxygen atoms in total. The topological polar surface area (TPSA) is 0 Å². The van der Waals surface area contributed by atoms with E-state index in [2.05, 4.69) is 6.92 Å². The van der Waals surface area contributed by atoms with Crippen molar-refractivity contribution in [2.45, 2.75) is 38.3 Å².